The first-order valence-corrected chi connectivity index (χ1v) is 9.11. The first kappa shape index (κ1) is 16.3. The molecule has 25 heavy (non-hydrogen) atoms. The van der Waals surface area contributed by atoms with Gasteiger partial charge in [0.1, 0.15) is 0 Å². The van der Waals surface area contributed by atoms with Crippen LogP contribution < -0.4 is 9.80 Å². The molecule has 0 spiro atoms. The zero-order valence-electron chi connectivity index (χ0n) is 15.1. The van der Waals surface area contributed by atoms with Crippen molar-refractivity contribution >= 4 is 11.6 Å². The number of hydrogen-bond donors (Lipinski definition) is 0. The predicted molar refractivity (Wildman–Crippen MR) is 100 cm³/mol. The summed E-state index contributed by atoms with van der Waals surface area (Å²) in [4.78, 5) is 13.8. The van der Waals surface area contributed by atoms with Crippen LogP contribution in [0.2, 0.25) is 0 Å². The van der Waals surface area contributed by atoms with Gasteiger partial charge in [-0.25, -0.2) is 9.97 Å². The number of ether oxygens (including phenoxy) is 1. The first-order chi connectivity index (χ1) is 12.1. The van der Waals surface area contributed by atoms with Gasteiger partial charge in [-0.1, -0.05) is 32.0 Å². The highest BCUT2D eigenvalue weighted by molar-refractivity contribution is 5.58. The predicted octanol–water partition coefficient (Wildman–Crippen LogP) is 3.00. The Labute approximate surface area is 149 Å². The molecule has 2 aliphatic rings. The van der Waals surface area contributed by atoms with Crippen molar-refractivity contribution < 1.29 is 4.74 Å². The molecule has 0 N–H and O–H groups in total. The van der Waals surface area contributed by atoms with Crippen LogP contribution in [0.4, 0.5) is 11.6 Å². The fourth-order valence-electron chi connectivity index (χ4n) is 3.73. The van der Waals surface area contributed by atoms with Gasteiger partial charge in [0.25, 0.3) is 0 Å². The van der Waals surface area contributed by atoms with E-state index in [1.807, 2.05) is 12.4 Å². The topological polar surface area (TPSA) is 41.5 Å². The maximum Gasteiger partial charge on any atom is 0.225 e. The molecule has 3 heterocycles. The largest absolute Gasteiger partial charge is 0.378 e. The summed E-state index contributed by atoms with van der Waals surface area (Å²) in [5.41, 5.74) is 4.18. The molecule has 0 amide bonds. The smallest absolute Gasteiger partial charge is 0.225 e. The molecule has 0 unspecified atom stereocenters. The Balaban J connectivity index is 1.51. The fraction of sp³-hybridized carbons (Fsp3) is 0.500. The molecule has 5 nitrogen and oxygen atoms in total. The number of benzene rings is 1. The van der Waals surface area contributed by atoms with Crippen LogP contribution in [-0.2, 0) is 16.7 Å². The van der Waals surface area contributed by atoms with Crippen LogP contribution in [0.3, 0.4) is 0 Å². The van der Waals surface area contributed by atoms with Gasteiger partial charge in [0.15, 0.2) is 0 Å². The van der Waals surface area contributed by atoms with Gasteiger partial charge in [-0.2, -0.15) is 0 Å². The van der Waals surface area contributed by atoms with E-state index in [0.717, 1.165) is 57.3 Å². The van der Waals surface area contributed by atoms with Crippen molar-refractivity contribution in [2.75, 3.05) is 42.6 Å². The standard InChI is InChI=1S/C20H26N4O/c1-20(2)7-8-24(18-6-4-3-5-17(18)20)15-16-13-21-19(22-14-16)23-9-11-25-12-10-23/h3-6,13-14H,7-12,15H2,1-2H3. The highest BCUT2D eigenvalue weighted by atomic mass is 16.5. The molecular formula is C20H26N4O. The molecule has 1 fully saturated rings. The molecule has 2 aliphatic heterocycles. The van der Waals surface area contributed by atoms with E-state index in [4.69, 9.17) is 4.74 Å². The van der Waals surface area contributed by atoms with Crippen LogP contribution in [0.5, 0.6) is 0 Å². The molecule has 0 radical (unpaired) electrons. The van der Waals surface area contributed by atoms with E-state index >= 15 is 0 Å². The molecule has 0 atom stereocenters. The number of morpholine rings is 1. The monoisotopic (exact) mass is 338 g/mol. The van der Waals surface area contributed by atoms with Gasteiger partial charge in [0, 0.05) is 49.8 Å². The van der Waals surface area contributed by atoms with Crippen molar-refractivity contribution in [3.05, 3.63) is 47.8 Å². The lowest BCUT2D eigenvalue weighted by Crippen LogP contribution is -2.38. The van der Waals surface area contributed by atoms with E-state index in [1.165, 1.54) is 11.3 Å². The molecule has 0 aliphatic carbocycles. The maximum atomic E-state index is 5.39. The number of rotatable bonds is 3. The van der Waals surface area contributed by atoms with Crippen molar-refractivity contribution in [3.63, 3.8) is 0 Å². The Morgan fingerprint density at radius 2 is 1.76 bits per heavy atom. The molecule has 5 heteroatoms. The van der Waals surface area contributed by atoms with Crippen molar-refractivity contribution in [3.8, 4) is 0 Å². The number of aromatic nitrogens is 2. The van der Waals surface area contributed by atoms with Crippen LogP contribution >= 0.6 is 0 Å². The lowest BCUT2D eigenvalue weighted by atomic mass is 9.77. The van der Waals surface area contributed by atoms with Crippen molar-refractivity contribution in [2.45, 2.75) is 32.2 Å². The summed E-state index contributed by atoms with van der Waals surface area (Å²) in [6.45, 7) is 9.84. The third-order valence-electron chi connectivity index (χ3n) is 5.34. The lowest BCUT2D eigenvalue weighted by molar-refractivity contribution is 0.122. The van der Waals surface area contributed by atoms with Crippen molar-refractivity contribution in [1.29, 1.82) is 0 Å². The summed E-state index contributed by atoms with van der Waals surface area (Å²) in [6, 6.07) is 8.77. The third-order valence-corrected chi connectivity index (χ3v) is 5.34. The quantitative estimate of drug-likeness (QED) is 0.860. The van der Waals surface area contributed by atoms with Gasteiger partial charge in [-0.05, 0) is 23.5 Å². The van der Waals surface area contributed by atoms with Crippen LogP contribution in [0, 0.1) is 0 Å². The molecule has 1 aromatic carbocycles. The summed E-state index contributed by atoms with van der Waals surface area (Å²) in [5, 5.41) is 0. The van der Waals surface area contributed by atoms with E-state index in [9.17, 15) is 0 Å². The van der Waals surface area contributed by atoms with E-state index in [2.05, 4.69) is 57.9 Å². The average molecular weight is 338 g/mol. The SMILES string of the molecule is CC1(C)CCN(Cc2cnc(N3CCOCC3)nc2)c2ccccc21. The van der Waals surface area contributed by atoms with Gasteiger partial charge >= 0.3 is 0 Å². The summed E-state index contributed by atoms with van der Waals surface area (Å²) in [5.74, 6) is 0.812. The summed E-state index contributed by atoms with van der Waals surface area (Å²) in [7, 11) is 0. The second kappa shape index (κ2) is 6.64. The Morgan fingerprint density at radius 3 is 2.52 bits per heavy atom. The fourth-order valence-corrected chi connectivity index (χ4v) is 3.73. The zero-order valence-corrected chi connectivity index (χ0v) is 15.1. The number of nitrogens with zero attached hydrogens (tertiary/aromatic N) is 4. The van der Waals surface area contributed by atoms with E-state index in [1.54, 1.807) is 0 Å². The van der Waals surface area contributed by atoms with Crippen LogP contribution in [0.1, 0.15) is 31.4 Å². The minimum absolute atomic E-state index is 0.240. The van der Waals surface area contributed by atoms with E-state index < -0.39 is 0 Å². The second-order valence-corrected chi connectivity index (χ2v) is 7.56. The van der Waals surface area contributed by atoms with Gasteiger partial charge in [0.2, 0.25) is 5.95 Å². The minimum Gasteiger partial charge on any atom is -0.378 e. The molecule has 2 aromatic rings. The Hall–Kier alpha value is -2.14. The second-order valence-electron chi connectivity index (χ2n) is 7.56. The van der Waals surface area contributed by atoms with Crippen molar-refractivity contribution in [2.24, 2.45) is 0 Å². The molecular weight excluding hydrogens is 312 g/mol. The maximum absolute atomic E-state index is 5.39. The van der Waals surface area contributed by atoms with Crippen molar-refractivity contribution in [1.82, 2.24) is 9.97 Å². The van der Waals surface area contributed by atoms with Crippen LogP contribution in [0.15, 0.2) is 36.7 Å². The lowest BCUT2D eigenvalue weighted by Gasteiger charge is -2.40. The zero-order chi connectivity index (χ0) is 17.3. The summed E-state index contributed by atoms with van der Waals surface area (Å²) >= 11 is 0. The normalized spacial score (nSPS) is 19.6. The van der Waals surface area contributed by atoms with E-state index in [0.29, 0.717) is 0 Å². The molecule has 1 aromatic heterocycles. The number of anilines is 2. The van der Waals surface area contributed by atoms with Crippen LogP contribution in [0.25, 0.3) is 0 Å². The number of para-hydroxylation sites is 1. The summed E-state index contributed by atoms with van der Waals surface area (Å²) < 4.78 is 5.39. The van der Waals surface area contributed by atoms with Crippen LogP contribution in [-0.4, -0.2) is 42.8 Å². The summed E-state index contributed by atoms with van der Waals surface area (Å²) in [6.07, 6.45) is 5.11. The molecule has 0 bridgehead atoms. The highest BCUT2D eigenvalue weighted by Crippen LogP contribution is 2.39. The average Bonchev–Trinajstić information content (AvgIpc) is 2.66. The molecule has 0 saturated carbocycles. The minimum atomic E-state index is 0.240. The Bertz CT molecular complexity index is 723. The highest BCUT2D eigenvalue weighted by Gasteiger charge is 2.30. The van der Waals surface area contributed by atoms with Gasteiger partial charge < -0.3 is 14.5 Å². The van der Waals surface area contributed by atoms with Gasteiger partial charge in [-0.3, -0.25) is 0 Å². The Kier molecular flexibility index (Phi) is 4.34. The van der Waals surface area contributed by atoms with E-state index in [-0.39, 0.29) is 5.41 Å². The first-order valence-electron chi connectivity index (χ1n) is 9.11. The third kappa shape index (κ3) is 3.33. The molecule has 4 rings (SSSR count). The number of hydrogen-bond acceptors (Lipinski definition) is 5. The Morgan fingerprint density at radius 1 is 1.04 bits per heavy atom. The molecule has 1 saturated heterocycles. The van der Waals surface area contributed by atoms with Gasteiger partial charge in [-0.15, -0.1) is 0 Å². The number of fused-ring (bicyclic) bond motifs is 1. The van der Waals surface area contributed by atoms with Gasteiger partial charge in [0.05, 0.1) is 13.2 Å². The molecule has 132 valence electrons.